The smallest absolute Gasteiger partial charge is 0.267 e. The molecule has 2 heterocycles. The van der Waals surface area contributed by atoms with Crippen LogP contribution in [0.3, 0.4) is 0 Å². The molecule has 182 valence electrons. The number of rotatable bonds is 7. The Morgan fingerprint density at radius 1 is 1.21 bits per heavy atom. The molecule has 2 aromatic rings. The van der Waals surface area contributed by atoms with Crippen LogP contribution in [0.15, 0.2) is 52.9 Å². The molecule has 1 N–H and O–H groups in total. The van der Waals surface area contributed by atoms with Crippen LogP contribution >= 0.6 is 0 Å². The van der Waals surface area contributed by atoms with Gasteiger partial charge in [0.25, 0.3) is 10.0 Å². The molecule has 7 nitrogen and oxygen atoms in total. The third kappa shape index (κ3) is 4.86. The molecule has 1 amide bonds. The van der Waals surface area contributed by atoms with Crippen molar-refractivity contribution in [2.75, 3.05) is 18.1 Å². The van der Waals surface area contributed by atoms with Crippen molar-refractivity contribution in [1.82, 2.24) is 0 Å². The Kier molecular flexibility index (Phi) is 6.78. The average molecular weight is 489 g/mol. The van der Waals surface area contributed by atoms with Crippen molar-refractivity contribution in [3.05, 3.63) is 65.5 Å². The average Bonchev–Trinajstić information content (AvgIpc) is 3.18. The van der Waals surface area contributed by atoms with Crippen LogP contribution in [0.25, 0.3) is 0 Å². The van der Waals surface area contributed by atoms with Gasteiger partial charge in [0, 0.05) is 31.7 Å². The van der Waals surface area contributed by atoms with Crippen molar-refractivity contribution in [2.24, 2.45) is 4.40 Å². The van der Waals surface area contributed by atoms with E-state index in [0.717, 1.165) is 12.1 Å². The molecule has 0 radical (unpaired) electrons. The fraction of sp³-hybridized carbons (Fsp3) is 0.440. The SMILES string of the molecule is CC1(C)OC(C[C@@H](CCO)c2ccccc2F)=NS(=O)(=O)C1c1ccc(N2CCCC2=O)cc1. The van der Waals surface area contributed by atoms with Gasteiger partial charge in [0.05, 0.1) is 0 Å². The summed E-state index contributed by atoms with van der Waals surface area (Å²) in [5.74, 6) is -0.843. The molecule has 34 heavy (non-hydrogen) atoms. The molecule has 2 atom stereocenters. The van der Waals surface area contributed by atoms with E-state index in [4.69, 9.17) is 4.74 Å². The van der Waals surface area contributed by atoms with Crippen LogP contribution in [0, 0.1) is 5.82 Å². The predicted octanol–water partition coefficient (Wildman–Crippen LogP) is 4.09. The fourth-order valence-electron chi connectivity index (χ4n) is 4.87. The Bertz CT molecular complexity index is 1190. The summed E-state index contributed by atoms with van der Waals surface area (Å²) in [4.78, 5) is 13.7. The Hall–Kier alpha value is -2.78. The third-order valence-electron chi connectivity index (χ3n) is 6.36. The van der Waals surface area contributed by atoms with Crippen molar-refractivity contribution >= 4 is 27.5 Å². The second-order valence-corrected chi connectivity index (χ2v) is 10.9. The maximum absolute atomic E-state index is 14.4. The lowest BCUT2D eigenvalue weighted by atomic mass is 9.91. The first-order chi connectivity index (χ1) is 16.1. The van der Waals surface area contributed by atoms with Gasteiger partial charge in [-0.2, -0.15) is 0 Å². The molecule has 0 saturated carbocycles. The molecule has 2 aliphatic heterocycles. The first-order valence-corrected chi connectivity index (χ1v) is 12.9. The number of anilines is 1. The van der Waals surface area contributed by atoms with Crippen LogP contribution in [0.4, 0.5) is 10.1 Å². The van der Waals surface area contributed by atoms with Gasteiger partial charge in [-0.3, -0.25) is 4.79 Å². The normalized spacial score (nSPS) is 22.2. The molecule has 9 heteroatoms. The molecule has 0 bridgehead atoms. The molecule has 4 rings (SSSR count). The standard InChI is InChI=1S/C25H29FN2O5S/c1-25(2)24(17-9-11-19(12-10-17)28-14-5-8-23(28)30)34(31,32)27-22(33-25)16-18(13-15-29)20-6-3-4-7-21(20)26/h3-4,6-7,9-12,18,24,29H,5,8,13-16H2,1-2H3/t18-,24?/m1/s1. The van der Waals surface area contributed by atoms with E-state index in [-0.39, 0.29) is 31.3 Å². The van der Waals surface area contributed by atoms with E-state index in [1.165, 1.54) is 6.07 Å². The minimum atomic E-state index is -4.00. The van der Waals surface area contributed by atoms with Crippen molar-refractivity contribution in [1.29, 1.82) is 0 Å². The third-order valence-corrected chi connectivity index (χ3v) is 8.26. The van der Waals surface area contributed by atoms with Crippen molar-refractivity contribution in [3.63, 3.8) is 0 Å². The van der Waals surface area contributed by atoms with Crippen molar-refractivity contribution in [3.8, 4) is 0 Å². The summed E-state index contributed by atoms with van der Waals surface area (Å²) in [5.41, 5.74) is 0.496. The number of aliphatic hydroxyl groups excluding tert-OH is 1. The van der Waals surface area contributed by atoms with Gasteiger partial charge < -0.3 is 14.7 Å². The monoisotopic (exact) mass is 488 g/mol. The summed E-state index contributed by atoms with van der Waals surface area (Å²) in [6, 6.07) is 13.1. The zero-order valence-electron chi connectivity index (χ0n) is 19.3. The number of carbonyl (C=O) groups excluding carboxylic acids is 1. The molecular formula is C25H29FN2O5S. The number of aliphatic hydroxyl groups is 1. The molecule has 0 spiro atoms. The van der Waals surface area contributed by atoms with Crippen molar-refractivity contribution < 1.29 is 27.4 Å². The highest BCUT2D eigenvalue weighted by Crippen LogP contribution is 2.42. The lowest BCUT2D eigenvalue weighted by Crippen LogP contribution is -2.43. The van der Waals surface area contributed by atoms with Crippen LogP contribution in [-0.4, -0.2) is 44.1 Å². The van der Waals surface area contributed by atoms with Gasteiger partial charge >= 0.3 is 0 Å². The first-order valence-electron chi connectivity index (χ1n) is 11.4. The predicted molar refractivity (Wildman–Crippen MR) is 128 cm³/mol. The Morgan fingerprint density at radius 3 is 2.50 bits per heavy atom. The summed E-state index contributed by atoms with van der Waals surface area (Å²) >= 11 is 0. The summed E-state index contributed by atoms with van der Waals surface area (Å²) in [7, 11) is -4.00. The topological polar surface area (TPSA) is 96.3 Å². The van der Waals surface area contributed by atoms with Gasteiger partial charge in [-0.15, -0.1) is 4.40 Å². The van der Waals surface area contributed by atoms with E-state index in [1.807, 2.05) is 0 Å². The van der Waals surface area contributed by atoms with Gasteiger partial charge in [0.2, 0.25) is 11.8 Å². The van der Waals surface area contributed by atoms with Crippen LogP contribution in [0.2, 0.25) is 0 Å². The number of halogens is 1. The molecular weight excluding hydrogens is 459 g/mol. The maximum atomic E-state index is 14.4. The minimum absolute atomic E-state index is 0.00207. The van der Waals surface area contributed by atoms with Crippen LogP contribution in [0.1, 0.15) is 61.8 Å². The Labute approximate surface area is 199 Å². The van der Waals surface area contributed by atoms with Gasteiger partial charge in [-0.1, -0.05) is 30.3 Å². The number of benzene rings is 2. The second kappa shape index (κ2) is 9.46. The lowest BCUT2D eigenvalue weighted by Gasteiger charge is -2.38. The summed E-state index contributed by atoms with van der Waals surface area (Å²) in [5, 5.41) is 8.44. The first kappa shape index (κ1) is 24.3. The van der Waals surface area contributed by atoms with Crippen molar-refractivity contribution in [2.45, 2.75) is 56.3 Å². The van der Waals surface area contributed by atoms with Gasteiger partial charge in [0.1, 0.15) is 16.7 Å². The minimum Gasteiger partial charge on any atom is -0.472 e. The van der Waals surface area contributed by atoms with Crippen LogP contribution in [0.5, 0.6) is 0 Å². The summed E-state index contributed by atoms with van der Waals surface area (Å²) < 4.78 is 51.0. The lowest BCUT2D eigenvalue weighted by molar-refractivity contribution is -0.117. The zero-order chi connectivity index (χ0) is 24.5. The van der Waals surface area contributed by atoms with Crippen LogP contribution in [-0.2, 0) is 19.6 Å². The summed E-state index contributed by atoms with van der Waals surface area (Å²) in [6.07, 6.45) is 1.61. The Balaban J connectivity index is 1.61. The molecule has 2 aromatic carbocycles. The number of carbonyl (C=O) groups is 1. The van der Waals surface area contributed by atoms with E-state index in [9.17, 15) is 22.7 Å². The number of hydrogen-bond donors (Lipinski definition) is 1. The number of ether oxygens (including phenoxy) is 1. The number of amides is 1. The van der Waals surface area contributed by atoms with E-state index >= 15 is 0 Å². The van der Waals surface area contributed by atoms with Crippen LogP contribution < -0.4 is 4.90 Å². The number of hydrogen-bond acceptors (Lipinski definition) is 5. The maximum Gasteiger partial charge on any atom is 0.267 e. The Morgan fingerprint density at radius 2 is 1.91 bits per heavy atom. The second-order valence-electron chi connectivity index (χ2n) is 9.26. The largest absolute Gasteiger partial charge is 0.472 e. The highest BCUT2D eigenvalue weighted by atomic mass is 32.2. The zero-order valence-corrected chi connectivity index (χ0v) is 20.1. The van der Waals surface area contributed by atoms with E-state index in [0.29, 0.717) is 24.1 Å². The quantitative estimate of drug-likeness (QED) is 0.633. The van der Waals surface area contributed by atoms with Gasteiger partial charge in [-0.05, 0) is 61.9 Å². The highest BCUT2D eigenvalue weighted by Gasteiger charge is 2.47. The molecule has 1 unspecified atom stereocenters. The van der Waals surface area contributed by atoms with Gasteiger partial charge in [0.15, 0.2) is 0 Å². The molecule has 2 aliphatic rings. The number of nitrogens with zero attached hydrogens (tertiary/aromatic N) is 2. The van der Waals surface area contributed by atoms with E-state index in [1.54, 1.807) is 61.2 Å². The molecule has 1 fully saturated rings. The molecule has 0 aliphatic carbocycles. The fourth-order valence-corrected chi connectivity index (χ4v) is 6.64. The van der Waals surface area contributed by atoms with Gasteiger partial charge in [-0.25, -0.2) is 12.8 Å². The highest BCUT2D eigenvalue weighted by molar-refractivity contribution is 7.90. The summed E-state index contributed by atoms with van der Waals surface area (Å²) in [6.45, 7) is 3.84. The molecule has 0 aromatic heterocycles. The van der Waals surface area contributed by atoms with E-state index in [2.05, 4.69) is 4.40 Å². The molecule has 1 saturated heterocycles. The number of sulfonamides is 1. The van der Waals surface area contributed by atoms with E-state index < -0.39 is 32.6 Å².